The van der Waals surface area contributed by atoms with Crippen molar-refractivity contribution in [3.8, 4) is 11.1 Å². The number of fused-ring (bicyclic) bond motifs is 3. The molecule has 0 saturated carbocycles. The van der Waals surface area contributed by atoms with Gasteiger partial charge in [0.25, 0.3) is 0 Å². The number of para-hydroxylation sites is 1. The van der Waals surface area contributed by atoms with E-state index in [1.54, 1.807) is 0 Å². The van der Waals surface area contributed by atoms with Crippen LogP contribution in [0, 0.1) is 0 Å². The zero-order valence-electron chi connectivity index (χ0n) is 10.6. The Balaban J connectivity index is 0.00000120. The number of carbonyl (C=O) groups excluding carboxylic acids is 1. The molecule has 2 aromatic carbocycles. The summed E-state index contributed by atoms with van der Waals surface area (Å²) in [6.45, 7) is 1.91. The van der Waals surface area contributed by atoms with Crippen molar-refractivity contribution in [2.75, 3.05) is 0 Å². The van der Waals surface area contributed by atoms with Crippen LogP contribution < -0.4 is 58.2 Å². The number of nitrogens with zero attached hydrogens (tertiary/aromatic N) is 1. The molecule has 1 atom stereocenters. The zero-order chi connectivity index (χ0) is 11.8. The summed E-state index contributed by atoms with van der Waals surface area (Å²) in [6, 6.07) is 15.8. The predicted molar refractivity (Wildman–Crippen MR) is 68.3 cm³/mol. The third kappa shape index (κ3) is 2.39. The van der Waals surface area contributed by atoms with Crippen LogP contribution >= 0.6 is 0 Å². The van der Waals surface area contributed by atoms with Crippen LogP contribution in [-0.2, 0) is 4.79 Å². The van der Waals surface area contributed by atoms with E-state index in [2.05, 4.69) is 11.4 Å². The minimum Gasteiger partial charge on any atom is -0.626 e. The summed E-state index contributed by atoms with van der Waals surface area (Å²) in [6.07, 6.45) is 0. The molecule has 0 radical (unpaired) electrons. The largest absolute Gasteiger partial charge is 1.00 e. The summed E-state index contributed by atoms with van der Waals surface area (Å²) >= 11 is 0. The average molecular weight is 308 g/mol. The quantitative estimate of drug-likeness (QED) is 0.714. The minimum atomic E-state index is -0.168. The summed E-state index contributed by atoms with van der Waals surface area (Å²) < 4.78 is 0. The Hall–Kier alpha value is -0.285. The maximum Gasteiger partial charge on any atom is 1.00 e. The van der Waals surface area contributed by atoms with E-state index in [1.165, 1.54) is 0 Å². The Morgan fingerprint density at radius 2 is 1.56 bits per heavy atom. The fourth-order valence-corrected chi connectivity index (χ4v) is 2.27. The van der Waals surface area contributed by atoms with Gasteiger partial charge in [0.15, 0.2) is 0 Å². The van der Waals surface area contributed by atoms with E-state index in [0.29, 0.717) is 0 Å². The second-order valence-corrected chi connectivity index (χ2v) is 4.28. The summed E-state index contributed by atoms with van der Waals surface area (Å²) in [5.74, 6) is -0.235. The molecule has 1 amide bonds. The van der Waals surface area contributed by atoms with Gasteiger partial charge in [0.1, 0.15) is 0 Å². The molecule has 1 aliphatic rings. The van der Waals surface area contributed by atoms with Crippen molar-refractivity contribution in [1.82, 2.24) is 0 Å². The summed E-state index contributed by atoms with van der Waals surface area (Å²) in [5.41, 5.74) is 3.99. The summed E-state index contributed by atoms with van der Waals surface area (Å²) in [5, 5.41) is 4.20. The first-order valence-electron chi connectivity index (χ1n) is 5.71. The average Bonchev–Trinajstić information content (AvgIpc) is 2.48. The van der Waals surface area contributed by atoms with Crippen molar-refractivity contribution in [3.63, 3.8) is 0 Å². The standard InChI is InChI=1S/C15H13NO.Rb/c1-10-11-6-2-3-7-12(11)13-8-4-5-9-14(13)16-15(10)17;/h2-10H,1H3,(H,16,17);/q;+1/p-1. The van der Waals surface area contributed by atoms with Crippen molar-refractivity contribution in [2.24, 2.45) is 0 Å². The van der Waals surface area contributed by atoms with Crippen molar-refractivity contribution >= 4 is 11.6 Å². The molecule has 3 heteroatoms. The first kappa shape index (κ1) is 14.1. The number of hydrogen-bond acceptors (Lipinski definition) is 1. The molecule has 1 aliphatic heterocycles. The van der Waals surface area contributed by atoms with Gasteiger partial charge in [-0.2, -0.15) is 0 Å². The first-order chi connectivity index (χ1) is 8.27. The van der Waals surface area contributed by atoms with Gasteiger partial charge >= 0.3 is 58.2 Å². The number of rotatable bonds is 0. The summed E-state index contributed by atoms with van der Waals surface area (Å²) in [7, 11) is 0. The number of amides is 1. The fourth-order valence-electron chi connectivity index (χ4n) is 2.27. The molecule has 2 aromatic rings. The van der Waals surface area contributed by atoms with Gasteiger partial charge in [-0.3, -0.25) is 0 Å². The molecule has 0 aliphatic carbocycles. The molecule has 1 heterocycles. The van der Waals surface area contributed by atoms with Crippen LogP contribution in [0.3, 0.4) is 0 Å². The maximum atomic E-state index is 12.0. The van der Waals surface area contributed by atoms with Gasteiger partial charge in [-0.05, 0) is 16.7 Å². The number of hydrogen-bond donors (Lipinski definition) is 0. The van der Waals surface area contributed by atoms with Crippen molar-refractivity contribution in [3.05, 3.63) is 59.4 Å². The first-order valence-corrected chi connectivity index (χ1v) is 5.71. The fraction of sp³-hybridized carbons (Fsp3) is 0.133. The SMILES string of the molecule is CC1C(=O)[N-]c2ccccc2-c2ccccc21.[Rb+]. The van der Waals surface area contributed by atoms with E-state index in [1.807, 2.05) is 49.4 Å². The second-order valence-electron chi connectivity index (χ2n) is 4.28. The van der Waals surface area contributed by atoms with E-state index in [0.717, 1.165) is 22.4 Å². The molecule has 0 N–H and O–H groups in total. The minimum absolute atomic E-state index is 0. The normalized spacial score (nSPS) is 16.7. The van der Waals surface area contributed by atoms with Crippen LogP contribution in [-0.4, -0.2) is 5.91 Å². The molecule has 0 saturated heterocycles. The summed E-state index contributed by atoms with van der Waals surface area (Å²) in [4.78, 5) is 12.0. The molecule has 0 bridgehead atoms. The van der Waals surface area contributed by atoms with Gasteiger partial charge in [-0.15, -0.1) is 5.69 Å². The topological polar surface area (TPSA) is 31.2 Å². The Labute approximate surface area is 156 Å². The second kappa shape index (κ2) is 5.78. The number of benzene rings is 2. The van der Waals surface area contributed by atoms with Gasteiger partial charge < -0.3 is 10.1 Å². The monoisotopic (exact) mass is 307 g/mol. The van der Waals surface area contributed by atoms with Gasteiger partial charge in [0, 0.05) is 5.92 Å². The van der Waals surface area contributed by atoms with Crippen molar-refractivity contribution in [1.29, 1.82) is 0 Å². The Morgan fingerprint density at radius 1 is 0.944 bits per heavy atom. The van der Waals surface area contributed by atoms with Crippen LogP contribution in [0.4, 0.5) is 5.69 Å². The molecule has 0 fully saturated rings. The van der Waals surface area contributed by atoms with Gasteiger partial charge in [0.05, 0.1) is 5.91 Å². The van der Waals surface area contributed by atoms with Crippen LogP contribution in [0.2, 0.25) is 0 Å². The third-order valence-electron chi connectivity index (χ3n) is 3.22. The Kier molecular flexibility index (Phi) is 4.54. The van der Waals surface area contributed by atoms with E-state index in [-0.39, 0.29) is 70.0 Å². The van der Waals surface area contributed by atoms with Crippen LogP contribution in [0.15, 0.2) is 48.5 Å². The molecule has 0 aromatic heterocycles. The van der Waals surface area contributed by atoms with Crippen LogP contribution in [0.1, 0.15) is 18.4 Å². The molecule has 18 heavy (non-hydrogen) atoms. The number of carbonyl (C=O) groups is 1. The van der Waals surface area contributed by atoms with E-state index in [9.17, 15) is 4.79 Å². The van der Waals surface area contributed by atoms with Crippen molar-refractivity contribution < 1.29 is 63.0 Å². The van der Waals surface area contributed by atoms with E-state index < -0.39 is 0 Å². The molecule has 0 spiro atoms. The zero-order valence-corrected chi connectivity index (χ0v) is 15.5. The van der Waals surface area contributed by atoms with Crippen molar-refractivity contribution in [2.45, 2.75) is 12.8 Å². The van der Waals surface area contributed by atoms with E-state index in [4.69, 9.17) is 0 Å². The van der Waals surface area contributed by atoms with Crippen LogP contribution in [0.5, 0.6) is 0 Å². The van der Waals surface area contributed by atoms with E-state index >= 15 is 0 Å². The molecule has 3 rings (SSSR count). The smallest absolute Gasteiger partial charge is 0.626 e. The van der Waals surface area contributed by atoms with Crippen LogP contribution in [0.25, 0.3) is 16.4 Å². The molecule has 2 nitrogen and oxygen atoms in total. The maximum absolute atomic E-state index is 12.0. The molecule has 1 unspecified atom stereocenters. The molecular weight excluding hydrogens is 296 g/mol. The predicted octanol–water partition coefficient (Wildman–Crippen LogP) is 1.01. The van der Waals surface area contributed by atoms with Gasteiger partial charge in [0.2, 0.25) is 0 Å². The Morgan fingerprint density at radius 3 is 2.33 bits per heavy atom. The van der Waals surface area contributed by atoms with Gasteiger partial charge in [-0.25, -0.2) is 0 Å². The van der Waals surface area contributed by atoms with Gasteiger partial charge in [-0.1, -0.05) is 55.5 Å². The Bertz CT molecular complexity index is 595. The third-order valence-corrected chi connectivity index (χ3v) is 3.22. The molecule has 84 valence electrons. The molecular formula is C15H12NORb.